The number of imide groups is 2. The third kappa shape index (κ3) is 5.58. The van der Waals surface area contributed by atoms with Crippen molar-refractivity contribution < 1.29 is 28.7 Å². The van der Waals surface area contributed by atoms with Crippen LogP contribution in [-0.2, 0) is 19.2 Å². The highest BCUT2D eigenvalue weighted by molar-refractivity contribution is 6.04. The van der Waals surface area contributed by atoms with Gasteiger partial charge in [-0.05, 0) is 24.3 Å². The predicted molar refractivity (Wildman–Crippen MR) is 89.1 cm³/mol. The Labute approximate surface area is 148 Å². The van der Waals surface area contributed by atoms with Gasteiger partial charge in [0.05, 0.1) is 7.11 Å². The first-order chi connectivity index (χ1) is 12.4. The minimum atomic E-state index is -0.853. The Bertz CT molecular complexity index is 715. The van der Waals surface area contributed by atoms with Gasteiger partial charge in [0.15, 0.2) is 0 Å². The number of nitrogens with one attached hydrogen (secondary N) is 3. The van der Waals surface area contributed by atoms with Crippen LogP contribution < -0.4 is 20.7 Å². The molecule has 6 amide bonds. The normalized spacial score (nSPS) is 13.7. The molecule has 1 heterocycles. The van der Waals surface area contributed by atoms with Gasteiger partial charge < -0.3 is 15.0 Å². The molecule has 1 saturated heterocycles. The lowest BCUT2D eigenvalue weighted by atomic mass is 10.2. The van der Waals surface area contributed by atoms with Crippen molar-refractivity contribution >= 4 is 35.3 Å². The molecule has 10 heteroatoms. The Hall–Kier alpha value is -3.43. The molecule has 3 N–H and O–H groups in total. The van der Waals surface area contributed by atoms with Crippen LogP contribution in [0.3, 0.4) is 0 Å². The second kappa shape index (κ2) is 8.60. The molecule has 0 bridgehead atoms. The van der Waals surface area contributed by atoms with E-state index in [-0.39, 0.29) is 25.9 Å². The summed E-state index contributed by atoms with van der Waals surface area (Å²) >= 11 is 0. The molecule has 10 nitrogen and oxygen atoms in total. The maximum absolute atomic E-state index is 11.8. The molecule has 0 spiro atoms. The van der Waals surface area contributed by atoms with Gasteiger partial charge in [0, 0.05) is 18.5 Å². The molecule has 1 aromatic rings. The van der Waals surface area contributed by atoms with Crippen LogP contribution in [0.2, 0.25) is 0 Å². The summed E-state index contributed by atoms with van der Waals surface area (Å²) in [7, 11) is 1.53. The summed E-state index contributed by atoms with van der Waals surface area (Å²) in [5, 5.41) is 6.70. The fourth-order valence-corrected chi connectivity index (χ4v) is 2.17. The summed E-state index contributed by atoms with van der Waals surface area (Å²) in [5.41, 5.74) is 0.546. The molecular weight excluding hydrogens is 344 g/mol. The van der Waals surface area contributed by atoms with E-state index < -0.39 is 29.7 Å². The van der Waals surface area contributed by atoms with E-state index in [4.69, 9.17) is 4.74 Å². The quantitative estimate of drug-likeness (QED) is 0.611. The molecule has 1 aliphatic heterocycles. The number of carbonyl (C=O) groups is 5. The van der Waals surface area contributed by atoms with Crippen LogP contribution >= 0.6 is 0 Å². The van der Waals surface area contributed by atoms with Crippen molar-refractivity contribution in [1.29, 1.82) is 0 Å². The molecule has 1 fully saturated rings. The maximum atomic E-state index is 11.8. The molecule has 0 atom stereocenters. The van der Waals surface area contributed by atoms with Gasteiger partial charge in [0.2, 0.25) is 23.6 Å². The number of piperazine rings is 1. The molecule has 0 unspecified atom stereocenters. The first-order valence-electron chi connectivity index (χ1n) is 7.72. The zero-order valence-corrected chi connectivity index (χ0v) is 14.0. The van der Waals surface area contributed by atoms with Crippen molar-refractivity contribution in [2.24, 2.45) is 0 Å². The molecule has 0 aromatic heterocycles. The number of carbonyl (C=O) groups excluding carboxylic acids is 5. The summed E-state index contributed by atoms with van der Waals surface area (Å²) in [4.78, 5) is 58.8. The second-order valence-corrected chi connectivity index (χ2v) is 5.46. The highest BCUT2D eigenvalue weighted by Crippen LogP contribution is 2.15. The van der Waals surface area contributed by atoms with Crippen LogP contribution in [0.15, 0.2) is 24.3 Å². The summed E-state index contributed by atoms with van der Waals surface area (Å²) in [6.45, 7) is -0.633. The number of urea groups is 1. The Morgan fingerprint density at radius 1 is 1.04 bits per heavy atom. The fraction of sp³-hybridized carbons (Fsp3) is 0.312. The minimum Gasteiger partial charge on any atom is -0.497 e. The monoisotopic (exact) mass is 362 g/mol. The second-order valence-electron chi connectivity index (χ2n) is 5.46. The van der Waals surface area contributed by atoms with Gasteiger partial charge in [-0.1, -0.05) is 0 Å². The molecule has 138 valence electrons. The van der Waals surface area contributed by atoms with E-state index >= 15 is 0 Å². The highest BCUT2D eigenvalue weighted by atomic mass is 16.5. The SMILES string of the molecule is COc1ccc(NC(=O)CCC(=O)NC(=O)N2CC(=O)NC(=O)C2)cc1. The van der Waals surface area contributed by atoms with Gasteiger partial charge in [-0.25, -0.2) is 4.79 Å². The molecule has 0 aliphatic carbocycles. The number of benzene rings is 1. The lowest BCUT2D eigenvalue weighted by molar-refractivity contribution is -0.135. The summed E-state index contributed by atoms with van der Waals surface area (Å²) < 4.78 is 5.01. The van der Waals surface area contributed by atoms with E-state index in [0.29, 0.717) is 11.4 Å². The van der Waals surface area contributed by atoms with Crippen molar-refractivity contribution in [3.05, 3.63) is 24.3 Å². The standard InChI is InChI=1S/C16H18N4O6/c1-26-11-4-2-10(3-5-11)17-12(21)6-7-13(22)19-16(25)20-8-14(23)18-15(24)9-20/h2-5H,6-9H2,1H3,(H,17,21)(H,18,23,24)(H,19,22,25). The van der Waals surface area contributed by atoms with Gasteiger partial charge in [0.25, 0.3) is 0 Å². The molecule has 0 saturated carbocycles. The number of amides is 6. The first-order valence-corrected chi connectivity index (χ1v) is 7.72. The number of methoxy groups -OCH3 is 1. The number of hydrogen-bond donors (Lipinski definition) is 3. The fourth-order valence-electron chi connectivity index (χ4n) is 2.17. The molecule has 1 aliphatic rings. The van der Waals surface area contributed by atoms with Crippen molar-refractivity contribution in [3.63, 3.8) is 0 Å². The van der Waals surface area contributed by atoms with Crippen LogP contribution in [0.25, 0.3) is 0 Å². The number of rotatable bonds is 5. The van der Waals surface area contributed by atoms with Gasteiger partial charge in [-0.15, -0.1) is 0 Å². The van der Waals surface area contributed by atoms with Crippen molar-refractivity contribution in [2.45, 2.75) is 12.8 Å². The minimum absolute atomic E-state index is 0.134. The van der Waals surface area contributed by atoms with E-state index in [1.54, 1.807) is 24.3 Å². The molecule has 26 heavy (non-hydrogen) atoms. The average molecular weight is 362 g/mol. The predicted octanol–water partition coefficient (Wildman–Crippen LogP) is -0.391. The van der Waals surface area contributed by atoms with E-state index in [1.807, 2.05) is 10.6 Å². The largest absolute Gasteiger partial charge is 0.497 e. The summed E-state index contributed by atoms with van der Waals surface area (Å²) in [6.07, 6.45) is -0.355. The number of anilines is 1. The molecule has 2 rings (SSSR count). The summed E-state index contributed by atoms with van der Waals surface area (Å²) in [5.74, 6) is -1.68. The molecule has 0 radical (unpaired) electrons. The Morgan fingerprint density at radius 3 is 2.19 bits per heavy atom. The average Bonchev–Trinajstić information content (AvgIpc) is 2.60. The van der Waals surface area contributed by atoms with Crippen LogP contribution in [0, 0.1) is 0 Å². The van der Waals surface area contributed by atoms with E-state index in [9.17, 15) is 24.0 Å². The topological polar surface area (TPSA) is 134 Å². The van der Waals surface area contributed by atoms with Crippen LogP contribution in [0.5, 0.6) is 5.75 Å². The Kier molecular flexibility index (Phi) is 6.25. The van der Waals surface area contributed by atoms with Gasteiger partial charge >= 0.3 is 6.03 Å². The molecule has 1 aromatic carbocycles. The Balaban J connectivity index is 1.75. The van der Waals surface area contributed by atoms with Crippen LogP contribution in [0.1, 0.15) is 12.8 Å². The van der Waals surface area contributed by atoms with Crippen molar-refractivity contribution in [1.82, 2.24) is 15.5 Å². The maximum Gasteiger partial charge on any atom is 0.324 e. The van der Waals surface area contributed by atoms with Crippen LogP contribution in [0.4, 0.5) is 10.5 Å². The lowest BCUT2D eigenvalue weighted by Crippen LogP contribution is -2.56. The number of hydrogen-bond acceptors (Lipinski definition) is 6. The third-order valence-corrected chi connectivity index (χ3v) is 3.43. The zero-order valence-electron chi connectivity index (χ0n) is 14.0. The smallest absolute Gasteiger partial charge is 0.324 e. The summed E-state index contributed by atoms with van der Waals surface area (Å²) in [6, 6.07) is 5.81. The van der Waals surface area contributed by atoms with Crippen molar-refractivity contribution in [3.8, 4) is 5.75 Å². The van der Waals surface area contributed by atoms with Gasteiger partial charge in [0.1, 0.15) is 18.8 Å². The van der Waals surface area contributed by atoms with E-state index in [2.05, 4.69) is 5.32 Å². The zero-order chi connectivity index (χ0) is 19.1. The van der Waals surface area contributed by atoms with Crippen molar-refractivity contribution in [2.75, 3.05) is 25.5 Å². The first kappa shape index (κ1) is 18.9. The molecular formula is C16H18N4O6. The highest BCUT2D eigenvalue weighted by Gasteiger charge is 2.27. The number of nitrogens with zero attached hydrogens (tertiary/aromatic N) is 1. The van der Waals surface area contributed by atoms with Gasteiger partial charge in [-0.2, -0.15) is 0 Å². The van der Waals surface area contributed by atoms with Gasteiger partial charge in [-0.3, -0.25) is 29.8 Å². The third-order valence-electron chi connectivity index (χ3n) is 3.43. The number of ether oxygens (including phenoxy) is 1. The van der Waals surface area contributed by atoms with E-state index in [1.165, 1.54) is 7.11 Å². The lowest BCUT2D eigenvalue weighted by Gasteiger charge is -2.25. The van der Waals surface area contributed by atoms with E-state index in [0.717, 1.165) is 4.90 Å². The van der Waals surface area contributed by atoms with Crippen LogP contribution in [-0.4, -0.2) is 54.8 Å². The Morgan fingerprint density at radius 2 is 1.62 bits per heavy atom.